The zero-order valence-corrected chi connectivity index (χ0v) is 19.1. The second kappa shape index (κ2) is 8.16. The number of piperidine rings is 1. The molecule has 0 bridgehead atoms. The summed E-state index contributed by atoms with van der Waals surface area (Å²) in [6.45, 7) is 1.66. The van der Waals surface area contributed by atoms with E-state index in [9.17, 15) is 9.59 Å². The molecule has 1 saturated heterocycles. The summed E-state index contributed by atoms with van der Waals surface area (Å²) in [6.07, 6.45) is 1.82. The van der Waals surface area contributed by atoms with Gasteiger partial charge in [-0.1, -0.05) is 29.8 Å². The molecule has 0 amide bonds. The highest BCUT2D eigenvalue weighted by Gasteiger charge is 2.32. The first kappa shape index (κ1) is 21.4. The van der Waals surface area contributed by atoms with E-state index in [1.807, 2.05) is 28.8 Å². The van der Waals surface area contributed by atoms with Gasteiger partial charge in [0, 0.05) is 38.2 Å². The Morgan fingerprint density at radius 1 is 1.18 bits per heavy atom. The Morgan fingerprint density at radius 3 is 2.67 bits per heavy atom. The van der Waals surface area contributed by atoms with E-state index >= 15 is 0 Å². The van der Waals surface area contributed by atoms with Crippen LogP contribution < -0.4 is 21.9 Å². The van der Waals surface area contributed by atoms with Gasteiger partial charge < -0.3 is 15.2 Å². The summed E-state index contributed by atoms with van der Waals surface area (Å²) in [6, 6.07) is 7.47. The molecule has 4 heterocycles. The van der Waals surface area contributed by atoms with Crippen LogP contribution in [0, 0.1) is 0 Å². The molecule has 1 fully saturated rings. The lowest BCUT2D eigenvalue weighted by molar-refractivity contribution is 0.499. The standard InChI is InChI=1S/C21H24ClN9O2/c1-28-16-15(18-24-26-27-25-18)19(30-9-5-7-13(23)11-30)31(10-12-6-3-4-8-14(12)22)17(16)20(32)29(2)21(28)33/h3-4,6,8,13H,5,7,9-11,23H2,1-2H3,(H,24,25,26,27)/t13-/m1/s1. The fraction of sp³-hybridized carbons (Fsp3) is 0.381. The molecule has 3 aromatic heterocycles. The predicted molar refractivity (Wildman–Crippen MR) is 126 cm³/mol. The Balaban J connectivity index is 1.92. The van der Waals surface area contributed by atoms with Crippen molar-refractivity contribution in [2.24, 2.45) is 19.8 Å². The van der Waals surface area contributed by atoms with Crippen LogP contribution in [-0.2, 0) is 20.6 Å². The van der Waals surface area contributed by atoms with Gasteiger partial charge in [-0.05, 0) is 29.7 Å². The largest absolute Gasteiger partial charge is 0.356 e. The van der Waals surface area contributed by atoms with Crippen LogP contribution in [0.1, 0.15) is 18.4 Å². The number of nitrogens with zero attached hydrogens (tertiary/aromatic N) is 7. The third-order valence-electron chi connectivity index (χ3n) is 6.24. The van der Waals surface area contributed by atoms with Crippen LogP contribution in [0.25, 0.3) is 22.4 Å². The van der Waals surface area contributed by atoms with Crippen LogP contribution in [0.5, 0.6) is 0 Å². The monoisotopic (exact) mass is 469 g/mol. The molecule has 172 valence electrons. The van der Waals surface area contributed by atoms with Crippen LogP contribution in [0.3, 0.4) is 0 Å². The lowest BCUT2D eigenvalue weighted by atomic mass is 10.1. The number of nitrogens with one attached hydrogen (secondary N) is 1. The van der Waals surface area contributed by atoms with Gasteiger partial charge in [-0.15, -0.1) is 10.2 Å². The molecule has 1 aliphatic rings. The van der Waals surface area contributed by atoms with Crippen molar-refractivity contribution in [3.63, 3.8) is 0 Å². The van der Waals surface area contributed by atoms with Gasteiger partial charge in [0.05, 0.1) is 17.6 Å². The number of fused-ring (bicyclic) bond motifs is 1. The first-order valence-electron chi connectivity index (χ1n) is 10.7. The number of aromatic nitrogens is 7. The molecular formula is C21H24ClN9O2. The van der Waals surface area contributed by atoms with Crippen molar-refractivity contribution in [2.75, 3.05) is 18.0 Å². The maximum atomic E-state index is 13.5. The number of H-pyrrole nitrogens is 1. The van der Waals surface area contributed by atoms with Crippen molar-refractivity contribution in [3.8, 4) is 11.4 Å². The summed E-state index contributed by atoms with van der Waals surface area (Å²) in [4.78, 5) is 28.5. The highest BCUT2D eigenvalue weighted by Crippen LogP contribution is 2.39. The number of tetrazole rings is 1. The van der Waals surface area contributed by atoms with Gasteiger partial charge in [-0.3, -0.25) is 13.9 Å². The zero-order valence-electron chi connectivity index (χ0n) is 18.3. The van der Waals surface area contributed by atoms with Crippen molar-refractivity contribution >= 4 is 28.5 Å². The van der Waals surface area contributed by atoms with Crippen molar-refractivity contribution in [2.45, 2.75) is 25.4 Å². The lowest BCUT2D eigenvalue weighted by Gasteiger charge is -2.34. The summed E-state index contributed by atoms with van der Waals surface area (Å²) >= 11 is 6.50. The van der Waals surface area contributed by atoms with E-state index < -0.39 is 11.2 Å². The minimum absolute atomic E-state index is 0.0182. The van der Waals surface area contributed by atoms with Gasteiger partial charge in [0.1, 0.15) is 11.3 Å². The molecule has 0 unspecified atom stereocenters. The molecule has 5 rings (SSSR count). The Bertz CT molecular complexity index is 1450. The molecule has 1 aromatic carbocycles. The van der Waals surface area contributed by atoms with Gasteiger partial charge in [-0.2, -0.15) is 5.21 Å². The maximum Gasteiger partial charge on any atom is 0.331 e. The van der Waals surface area contributed by atoms with E-state index in [-0.39, 0.29) is 6.04 Å². The highest BCUT2D eigenvalue weighted by atomic mass is 35.5. The third kappa shape index (κ3) is 3.44. The molecule has 0 aliphatic carbocycles. The van der Waals surface area contributed by atoms with E-state index in [0.717, 1.165) is 35.3 Å². The maximum absolute atomic E-state index is 13.5. The van der Waals surface area contributed by atoms with Crippen LogP contribution in [0.4, 0.5) is 5.82 Å². The minimum Gasteiger partial charge on any atom is -0.356 e. The van der Waals surface area contributed by atoms with Gasteiger partial charge in [0.15, 0.2) is 0 Å². The molecule has 0 saturated carbocycles. The molecule has 11 nitrogen and oxygen atoms in total. The van der Waals surface area contributed by atoms with Gasteiger partial charge in [-0.25, -0.2) is 4.79 Å². The van der Waals surface area contributed by atoms with Crippen LogP contribution in [0.15, 0.2) is 33.9 Å². The summed E-state index contributed by atoms with van der Waals surface area (Å²) in [7, 11) is 3.11. The molecule has 12 heteroatoms. The van der Waals surface area contributed by atoms with Crippen molar-refractivity contribution in [1.82, 2.24) is 34.3 Å². The Labute approximate surface area is 193 Å². The van der Waals surface area contributed by atoms with E-state index in [0.29, 0.717) is 40.5 Å². The molecule has 4 aromatic rings. The van der Waals surface area contributed by atoms with Crippen LogP contribution >= 0.6 is 11.6 Å². The SMILES string of the molecule is Cn1c(=O)c2c(c(-c3nn[nH]n3)c(N3CCC[C@@H](N)C3)n2Cc2ccccc2Cl)n(C)c1=O. The van der Waals surface area contributed by atoms with Crippen molar-refractivity contribution < 1.29 is 0 Å². The third-order valence-corrected chi connectivity index (χ3v) is 6.61. The normalized spacial score (nSPS) is 16.6. The first-order chi connectivity index (χ1) is 15.9. The Hall–Kier alpha value is -3.44. The topological polar surface area (TPSA) is 133 Å². The number of rotatable bonds is 4. The number of hydrogen-bond acceptors (Lipinski definition) is 7. The summed E-state index contributed by atoms with van der Waals surface area (Å²) < 4.78 is 4.47. The first-order valence-corrected chi connectivity index (χ1v) is 11.1. The van der Waals surface area contributed by atoms with E-state index in [2.05, 4.69) is 25.5 Å². The fourth-order valence-corrected chi connectivity index (χ4v) is 4.85. The number of halogens is 1. The second-order valence-corrected chi connectivity index (χ2v) is 8.77. The fourth-order valence-electron chi connectivity index (χ4n) is 4.66. The second-order valence-electron chi connectivity index (χ2n) is 8.36. The molecule has 1 aliphatic heterocycles. The number of aryl methyl sites for hydroxylation is 1. The summed E-state index contributed by atoms with van der Waals surface area (Å²) in [5.74, 6) is 1.02. The predicted octanol–water partition coefficient (Wildman–Crippen LogP) is 0.848. The minimum atomic E-state index is -0.436. The number of nitrogens with two attached hydrogens (primary N) is 1. The quantitative estimate of drug-likeness (QED) is 0.452. The number of benzene rings is 1. The smallest absolute Gasteiger partial charge is 0.331 e. The number of anilines is 1. The molecule has 0 radical (unpaired) electrons. The van der Waals surface area contributed by atoms with Gasteiger partial charge in [0.2, 0.25) is 5.82 Å². The molecule has 33 heavy (non-hydrogen) atoms. The molecule has 0 spiro atoms. The Morgan fingerprint density at radius 2 is 1.97 bits per heavy atom. The Kier molecular flexibility index (Phi) is 5.29. The van der Waals surface area contributed by atoms with Crippen LogP contribution in [0.2, 0.25) is 5.02 Å². The average Bonchev–Trinajstić information content (AvgIpc) is 3.44. The van der Waals surface area contributed by atoms with Gasteiger partial charge >= 0.3 is 5.69 Å². The van der Waals surface area contributed by atoms with E-state index in [1.165, 1.54) is 11.6 Å². The number of hydrogen-bond donors (Lipinski definition) is 2. The molecule has 1 atom stereocenters. The van der Waals surface area contributed by atoms with Crippen molar-refractivity contribution in [3.05, 3.63) is 55.7 Å². The average molecular weight is 470 g/mol. The summed E-state index contributed by atoms with van der Waals surface area (Å²) in [5.41, 5.74) is 7.70. The van der Waals surface area contributed by atoms with Crippen LogP contribution in [-0.4, -0.2) is 53.5 Å². The molecule has 3 N–H and O–H groups in total. The zero-order chi connectivity index (χ0) is 23.3. The summed E-state index contributed by atoms with van der Waals surface area (Å²) in [5, 5.41) is 15.2. The lowest BCUT2D eigenvalue weighted by Crippen LogP contribution is -2.44. The van der Waals surface area contributed by atoms with E-state index in [4.69, 9.17) is 17.3 Å². The highest BCUT2D eigenvalue weighted by molar-refractivity contribution is 6.31. The van der Waals surface area contributed by atoms with Crippen molar-refractivity contribution in [1.29, 1.82) is 0 Å². The van der Waals surface area contributed by atoms with E-state index in [1.54, 1.807) is 7.05 Å². The number of aromatic amines is 1. The molecular weight excluding hydrogens is 446 g/mol. The van der Waals surface area contributed by atoms with Gasteiger partial charge in [0.25, 0.3) is 5.56 Å².